The Kier molecular flexibility index (Phi) is 1.94. The second-order valence-electron chi connectivity index (χ2n) is 3.65. The zero-order valence-corrected chi connectivity index (χ0v) is 9.53. The Morgan fingerprint density at radius 1 is 1.38 bits per heavy atom. The number of benzene rings is 1. The fourth-order valence-corrected chi connectivity index (χ4v) is 2.34. The zero-order chi connectivity index (χ0) is 11.1. The van der Waals surface area contributed by atoms with Gasteiger partial charge in [-0.15, -0.1) is 0 Å². The first kappa shape index (κ1) is 9.35. The number of imidazole rings is 1. The normalized spacial score (nSPS) is 11.1. The third kappa shape index (κ3) is 1.29. The summed E-state index contributed by atoms with van der Waals surface area (Å²) in [5.41, 5.74) is 10.8. The summed E-state index contributed by atoms with van der Waals surface area (Å²) in [7, 11) is 0. The Hall–Kier alpha value is -1.88. The van der Waals surface area contributed by atoms with E-state index in [9.17, 15) is 0 Å². The van der Waals surface area contributed by atoms with Crippen LogP contribution in [0.3, 0.4) is 0 Å². The van der Waals surface area contributed by atoms with Crippen molar-refractivity contribution in [2.75, 3.05) is 5.73 Å². The molecule has 0 saturated heterocycles. The van der Waals surface area contributed by atoms with Crippen LogP contribution in [0.15, 0.2) is 29.8 Å². The molecular formula is C11H10N4S. The SMILES string of the molecule is Cc1cccc(-c2nc3scnn3c2N)c1. The molecule has 0 aliphatic rings. The van der Waals surface area contributed by atoms with Crippen molar-refractivity contribution in [1.82, 2.24) is 14.6 Å². The van der Waals surface area contributed by atoms with Crippen molar-refractivity contribution in [2.24, 2.45) is 0 Å². The number of hydrogen-bond acceptors (Lipinski definition) is 4. The number of fused-ring (bicyclic) bond motifs is 1. The highest BCUT2D eigenvalue weighted by molar-refractivity contribution is 7.14. The van der Waals surface area contributed by atoms with Gasteiger partial charge < -0.3 is 5.73 Å². The average Bonchev–Trinajstić information content (AvgIpc) is 2.82. The van der Waals surface area contributed by atoms with Crippen LogP contribution in [-0.4, -0.2) is 14.6 Å². The molecule has 0 unspecified atom stereocenters. The molecular weight excluding hydrogens is 220 g/mol. The van der Waals surface area contributed by atoms with E-state index in [-0.39, 0.29) is 0 Å². The van der Waals surface area contributed by atoms with Crippen molar-refractivity contribution < 1.29 is 0 Å². The maximum Gasteiger partial charge on any atom is 0.214 e. The summed E-state index contributed by atoms with van der Waals surface area (Å²) in [6.07, 6.45) is 0. The van der Waals surface area contributed by atoms with Crippen LogP contribution in [0, 0.1) is 6.92 Å². The molecule has 4 nitrogen and oxygen atoms in total. The van der Waals surface area contributed by atoms with Gasteiger partial charge in [0.25, 0.3) is 0 Å². The molecule has 0 aliphatic carbocycles. The van der Waals surface area contributed by atoms with Gasteiger partial charge in [-0.3, -0.25) is 0 Å². The van der Waals surface area contributed by atoms with Crippen molar-refractivity contribution >= 4 is 22.1 Å². The van der Waals surface area contributed by atoms with Gasteiger partial charge in [-0.2, -0.15) is 9.61 Å². The molecule has 0 amide bonds. The van der Waals surface area contributed by atoms with Gasteiger partial charge in [0.1, 0.15) is 11.2 Å². The van der Waals surface area contributed by atoms with Crippen molar-refractivity contribution in [1.29, 1.82) is 0 Å². The highest BCUT2D eigenvalue weighted by Gasteiger charge is 2.12. The fraction of sp³-hybridized carbons (Fsp3) is 0.0909. The molecule has 0 fully saturated rings. The number of anilines is 1. The first-order valence-electron chi connectivity index (χ1n) is 4.90. The lowest BCUT2D eigenvalue weighted by atomic mass is 10.1. The molecule has 0 spiro atoms. The number of aryl methyl sites for hydroxylation is 1. The van der Waals surface area contributed by atoms with Gasteiger partial charge in [-0.05, 0) is 13.0 Å². The van der Waals surface area contributed by atoms with E-state index in [2.05, 4.69) is 29.1 Å². The van der Waals surface area contributed by atoms with Crippen LogP contribution in [0.25, 0.3) is 16.2 Å². The summed E-state index contributed by atoms with van der Waals surface area (Å²) in [5.74, 6) is 0.599. The van der Waals surface area contributed by atoms with E-state index in [0.29, 0.717) is 5.82 Å². The minimum absolute atomic E-state index is 0.599. The summed E-state index contributed by atoms with van der Waals surface area (Å²) in [6, 6.07) is 8.14. The van der Waals surface area contributed by atoms with Gasteiger partial charge in [0.2, 0.25) is 4.96 Å². The summed E-state index contributed by atoms with van der Waals surface area (Å²) < 4.78 is 1.67. The summed E-state index contributed by atoms with van der Waals surface area (Å²) in [6.45, 7) is 2.05. The molecule has 3 aromatic rings. The van der Waals surface area contributed by atoms with Crippen LogP contribution in [0.1, 0.15) is 5.56 Å². The Balaban J connectivity index is 2.25. The van der Waals surface area contributed by atoms with Gasteiger partial charge in [0.05, 0.1) is 0 Å². The largest absolute Gasteiger partial charge is 0.382 e. The third-order valence-corrected chi connectivity index (χ3v) is 3.15. The van der Waals surface area contributed by atoms with Crippen molar-refractivity contribution in [3.63, 3.8) is 0 Å². The number of nitrogens with zero attached hydrogens (tertiary/aromatic N) is 3. The van der Waals surface area contributed by atoms with Gasteiger partial charge in [0.15, 0.2) is 5.82 Å². The van der Waals surface area contributed by atoms with Gasteiger partial charge in [-0.1, -0.05) is 35.1 Å². The van der Waals surface area contributed by atoms with Crippen LogP contribution in [-0.2, 0) is 0 Å². The van der Waals surface area contributed by atoms with E-state index in [0.717, 1.165) is 16.2 Å². The zero-order valence-electron chi connectivity index (χ0n) is 8.71. The predicted octanol–water partition coefficient (Wildman–Crippen LogP) is 2.35. The molecule has 0 saturated carbocycles. The van der Waals surface area contributed by atoms with Gasteiger partial charge >= 0.3 is 0 Å². The van der Waals surface area contributed by atoms with Crippen molar-refractivity contribution in [2.45, 2.75) is 6.92 Å². The van der Waals surface area contributed by atoms with Gasteiger partial charge in [0, 0.05) is 5.56 Å². The van der Waals surface area contributed by atoms with Crippen LogP contribution in [0.4, 0.5) is 5.82 Å². The minimum Gasteiger partial charge on any atom is -0.382 e. The maximum absolute atomic E-state index is 6.01. The Morgan fingerprint density at radius 2 is 2.25 bits per heavy atom. The second-order valence-corrected chi connectivity index (χ2v) is 4.46. The molecule has 1 aromatic carbocycles. The number of rotatable bonds is 1. The van der Waals surface area contributed by atoms with Crippen LogP contribution >= 0.6 is 11.3 Å². The predicted molar refractivity (Wildman–Crippen MR) is 65.4 cm³/mol. The average molecular weight is 230 g/mol. The summed E-state index contributed by atoms with van der Waals surface area (Å²) in [5, 5.41) is 4.13. The lowest BCUT2D eigenvalue weighted by Crippen LogP contribution is -1.94. The molecule has 0 aliphatic heterocycles. The van der Waals surface area contributed by atoms with E-state index in [1.54, 1.807) is 10.0 Å². The highest BCUT2D eigenvalue weighted by atomic mass is 32.1. The molecule has 2 aromatic heterocycles. The maximum atomic E-state index is 6.01. The van der Waals surface area contributed by atoms with Crippen LogP contribution < -0.4 is 5.73 Å². The fourth-order valence-electron chi connectivity index (χ4n) is 1.71. The molecule has 80 valence electrons. The summed E-state index contributed by atoms with van der Waals surface area (Å²) in [4.78, 5) is 5.31. The standard InChI is InChI=1S/C11H10N4S/c1-7-3-2-4-8(5-7)9-10(12)15-11(14-9)16-6-13-15/h2-6H,12H2,1H3. The minimum atomic E-state index is 0.599. The number of nitrogens with two attached hydrogens (primary N) is 1. The van der Waals surface area contributed by atoms with E-state index in [4.69, 9.17) is 5.73 Å². The molecule has 16 heavy (non-hydrogen) atoms. The molecule has 0 atom stereocenters. The smallest absolute Gasteiger partial charge is 0.214 e. The summed E-state index contributed by atoms with van der Waals surface area (Å²) >= 11 is 1.48. The van der Waals surface area contributed by atoms with E-state index >= 15 is 0 Å². The first-order chi connectivity index (χ1) is 7.75. The first-order valence-corrected chi connectivity index (χ1v) is 5.78. The topological polar surface area (TPSA) is 56.2 Å². The van der Waals surface area contributed by atoms with Gasteiger partial charge in [-0.25, -0.2) is 4.98 Å². The molecule has 0 radical (unpaired) electrons. The Bertz CT molecular complexity index is 653. The van der Waals surface area contributed by atoms with Crippen LogP contribution in [0.5, 0.6) is 0 Å². The highest BCUT2D eigenvalue weighted by Crippen LogP contribution is 2.27. The lowest BCUT2D eigenvalue weighted by Gasteiger charge is -1.99. The number of nitrogen functional groups attached to an aromatic ring is 1. The number of aromatic nitrogens is 3. The Labute approximate surface area is 96.4 Å². The molecule has 2 heterocycles. The van der Waals surface area contributed by atoms with E-state index < -0.39 is 0 Å². The molecule has 0 bridgehead atoms. The molecule has 3 rings (SSSR count). The Morgan fingerprint density at radius 3 is 3.00 bits per heavy atom. The van der Waals surface area contributed by atoms with Crippen molar-refractivity contribution in [3.8, 4) is 11.3 Å². The molecule has 2 N–H and O–H groups in total. The van der Waals surface area contributed by atoms with Crippen LogP contribution in [0.2, 0.25) is 0 Å². The molecule has 5 heteroatoms. The third-order valence-electron chi connectivity index (χ3n) is 2.47. The monoisotopic (exact) mass is 230 g/mol. The van der Waals surface area contributed by atoms with E-state index in [1.807, 2.05) is 12.1 Å². The second kappa shape index (κ2) is 3.31. The lowest BCUT2D eigenvalue weighted by molar-refractivity contribution is 0.985. The quantitative estimate of drug-likeness (QED) is 0.698. The van der Waals surface area contributed by atoms with Crippen molar-refractivity contribution in [3.05, 3.63) is 35.3 Å². The number of hydrogen-bond donors (Lipinski definition) is 1. The van der Waals surface area contributed by atoms with E-state index in [1.165, 1.54) is 16.9 Å².